The quantitative estimate of drug-likeness (QED) is 0.886. The maximum Gasteiger partial charge on any atom is 0.133 e. The van der Waals surface area contributed by atoms with E-state index in [1.807, 2.05) is 19.3 Å². The number of hydrogen-bond donors (Lipinski definition) is 1. The van der Waals surface area contributed by atoms with Gasteiger partial charge in [0.05, 0.1) is 0 Å². The summed E-state index contributed by atoms with van der Waals surface area (Å²) < 4.78 is 0. The molecule has 2 atom stereocenters. The molecule has 0 radical (unpaired) electrons. The predicted octanol–water partition coefficient (Wildman–Crippen LogP) is 2.99. The molecule has 0 aromatic carbocycles. The van der Waals surface area contributed by atoms with Crippen LogP contribution in [0.5, 0.6) is 0 Å². The van der Waals surface area contributed by atoms with E-state index in [0.29, 0.717) is 18.0 Å². The van der Waals surface area contributed by atoms with Crippen LogP contribution in [0.25, 0.3) is 0 Å². The molecule has 1 aliphatic rings. The first-order valence-corrected chi connectivity index (χ1v) is 7.04. The molecule has 1 aliphatic heterocycles. The van der Waals surface area contributed by atoms with Gasteiger partial charge < -0.3 is 10.2 Å². The molecule has 18 heavy (non-hydrogen) atoms. The minimum Gasteiger partial charge on any atom is -0.353 e. The van der Waals surface area contributed by atoms with E-state index in [1.165, 1.54) is 24.2 Å². The van der Waals surface area contributed by atoms with Crippen molar-refractivity contribution in [3.63, 3.8) is 0 Å². The molecule has 2 heterocycles. The van der Waals surface area contributed by atoms with Crippen molar-refractivity contribution in [2.45, 2.75) is 45.7 Å². The molecular weight excluding hydrogens is 222 g/mol. The summed E-state index contributed by atoms with van der Waals surface area (Å²) in [6, 6.07) is 5.22. The average molecular weight is 247 g/mol. The second-order valence-electron chi connectivity index (χ2n) is 5.57. The van der Waals surface area contributed by atoms with Crippen LogP contribution >= 0.6 is 0 Å². The number of pyridine rings is 1. The van der Waals surface area contributed by atoms with Crippen LogP contribution in [0.15, 0.2) is 18.3 Å². The largest absolute Gasteiger partial charge is 0.353 e. The van der Waals surface area contributed by atoms with Crippen LogP contribution in [-0.4, -0.2) is 24.6 Å². The van der Waals surface area contributed by atoms with Gasteiger partial charge in [-0.25, -0.2) is 4.98 Å². The Kier molecular flexibility index (Phi) is 4.23. The topological polar surface area (TPSA) is 28.2 Å². The van der Waals surface area contributed by atoms with Crippen molar-refractivity contribution in [1.29, 1.82) is 0 Å². The summed E-state index contributed by atoms with van der Waals surface area (Å²) in [7, 11) is 2.01. The zero-order valence-corrected chi connectivity index (χ0v) is 12.0. The van der Waals surface area contributed by atoms with Gasteiger partial charge in [-0.3, -0.25) is 0 Å². The molecule has 100 valence electrons. The normalized spacial score (nSPS) is 21.6. The van der Waals surface area contributed by atoms with Gasteiger partial charge in [0.1, 0.15) is 5.82 Å². The minimum absolute atomic E-state index is 0.349. The van der Waals surface area contributed by atoms with Crippen LogP contribution in [-0.2, 0) is 0 Å². The first-order chi connectivity index (χ1) is 8.65. The molecule has 2 rings (SSSR count). The number of anilines is 1. The highest BCUT2D eigenvalue weighted by Gasteiger charge is 2.29. The fourth-order valence-corrected chi connectivity index (χ4v) is 2.89. The molecule has 1 saturated heterocycles. The van der Waals surface area contributed by atoms with Crippen molar-refractivity contribution in [3.8, 4) is 0 Å². The monoisotopic (exact) mass is 247 g/mol. The fourth-order valence-electron chi connectivity index (χ4n) is 2.89. The maximum absolute atomic E-state index is 4.65. The van der Waals surface area contributed by atoms with Gasteiger partial charge in [-0.2, -0.15) is 0 Å². The van der Waals surface area contributed by atoms with Gasteiger partial charge in [-0.1, -0.05) is 19.9 Å². The lowest BCUT2D eigenvalue weighted by Crippen LogP contribution is -2.35. The van der Waals surface area contributed by atoms with E-state index in [0.717, 1.165) is 6.54 Å². The first kappa shape index (κ1) is 13.3. The Hall–Kier alpha value is -1.09. The molecule has 1 N–H and O–H groups in total. The molecule has 2 unspecified atom stereocenters. The molecule has 0 bridgehead atoms. The molecule has 1 aromatic rings. The Morgan fingerprint density at radius 3 is 2.83 bits per heavy atom. The van der Waals surface area contributed by atoms with Gasteiger partial charge in [0, 0.05) is 30.4 Å². The van der Waals surface area contributed by atoms with Crippen LogP contribution in [0.4, 0.5) is 5.82 Å². The number of hydrogen-bond acceptors (Lipinski definition) is 3. The van der Waals surface area contributed by atoms with Crippen LogP contribution in [0, 0.1) is 5.92 Å². The van der Waals surface area contributed by atoms with Gasteiger partial charge in [0.15, 0.2) is 0 Å². The minimum atomic E-state index is 0.349. The summed E-state index contributed by atoms with van der Waals surface area (Å²) in [4.78, 5) is 7.16. The Morgan fingerprint density at radius 1 is 1.39 bits per heavy atom. The van der Waals surface area contributed by atoms with Gasteiger partial charge in [-0.15, -0.1) is 0 Å². The van der Waals surface area contributed by atoms with Gasteiger partial charge >= 0.3 is 0 Å². The first-order valence-electron chi connectivity index (χ1n) is 7.04. The Labute approximate surface area is 111 Å². The van der Waals surface area contributed by atoms with Gasteiger partial charge in [-0.05, 0) is 38.8 Å². The van der Waals surface area contributed by atoms with E-state index >= 15 is 0 Å². The molecule has 1 aromatic heterocycles. The zero-order valence-electron chi connectivity index (χ0n) is 12.0. The van der Waals surface area contributed by atoms with Crippen molar-refractivity contribution in [1.82, 2.24) is 10.3 Å². The van der Waals surface area contributed by atoms with Crippen LogP contribution in [0.3, 0.4) is 0 Å². The fraction of sp³-hybridized carbons (Fsp3) is 0.667. The third-order valence-corrected chi connectivity index (χ3v) is 4.06. The smallest absolute Gasteiger partial charge is 0.133 e. The summed E-state index contributed by atoms with van der Waals surface area (Å²) >= 11 is 0. The van der Waals surface area contributed by atoms with Gasteiger partial charge in [0.25, 0.3) is 0 Å². The molecule has 0 spiro atoms. The third kappa shape index (κ3) is 2.51. The Morgan fingerprint density at radius 2 is 2.17 bits per heavy atom. The van der Waals surface area contributed by atoms with Crippen molar-refractivity contribution in [3.05, 3.63) is 23.9 Å². The lowest BCUT2D eigenvalue weighted by Gasteiger charge is -2.31. The van der Waals surface area contributed by atoms with Crippen molar-refractivity contribution >= 4 is 5.82 Å². The molecular formula is C15H25N3. The molecule has 0 aliphatic carbocycles. The number of nitrogens with one attached hydrogen (secondary N) is 1. The second-order valence-corrected chi connectivity index (χ2v) is 5.57. The third-order valence-electron chi connectivity index (χ3n) is 4.06. The van der Waals surface area contributed by atoms with E-state index < -0.39 is 0 Å². The summed E-state index contributed by atoms with van der Waals surface area (Å²) in [5.74, 6) is 1.86. The second kappa shape index (κ2) is 5.70. The molecule has 3 nitrogen and oxygen atoms in total. The van der Waals surface area contributed by atoms with E-state index in [1.54, 1.807) is 0 Å². The molecule has 1 fully saturated rings. The standard InChI is InChI=1S/C15H25N3/c1-11(2)14-8-6-10-18(14)15-13(12(3)16-4)7-5-9-17-15/h5,7,9,11-12,14,16H,6,8,10H2,1-4H3. The van der Waals surface area contributed by atoms with Gasteiger partial charge in [0.2, 0.25) is 0 Å². The Bertz CT molecular complexity index is 389. The van der Waals surface area contributed by atoms with Crippen LogP contribution in [0.2, 0.25) is 0 Å². The molecule has 0 saturated carbocycles. The highest BCUT2D eigenvalue weighted by molar-refractivity contribution is 5.50. The van der Waals surface area contributed by atoms with Crippen LogP contribution in [0.1, 0.15) is 45.2 Å². The van der Waals surface area contributed by atoms with E-state index in [9.17, 15) is 0 Å². The number of aromatic nitrogens is 1. The number of rotatable bonds is 4. The Balaban J connectivity index is 2.32. The summed E-state index contributed by atoms with van der Waals surface area (Å²) in [6.45, 7) is 7.96. The van der Waals surface area contributed by atoms with E-state index in [2.05, 4.69) is 42.0 Å². The summed E-state index contributed by atoms with van der Waals surface area (Å²) in [6.07, 6.45) is 4.49. The summed E-state index contributed by atoms with van der Waals surface area (Å²) in [5.41, 5.74) is 1.31. The zero-order chi connectivity index (χ0) is 13.1. The van der Waals surface area contributed by atoms with E-state index in [-0.39, 0.29) is 0 Å². The lowest BCUT2D eigenvalue weighted by molar-refractivity contribution is 0.487. The lowest BCUT2D eigenvalue weighted by atomic mass is 10.0. The predicted molar refractivity (Wildman–Crippen MR) is 76.9 cm³/mol. The van der Waals surface area contributed by atoms with E-state index in [4.69, 9.17) is 0 Å². The number of nitrogens with zero attached hydrogens (tertiary/aromatic N) is 2. The van der Waals surface area contributed by atoms with Crippen LogP contribution < -0.4 is 10.2 Å². The average Bonchev–Trinajstić information content (AvgIpc) is 2.87. The molecule has 0 amide bonds. The van der Waals surface area contributed by atoms with Crippen molar-refractivity contribution in [2.75, 3.05) is 18.5 Å². The highest BCUT2D eigenvalue weighted by Crippen LogP contribution is 2.32. The molecule has 3 heteroatoms. The van der Waals surface area contributed by atoms with Crippen molar-refractivity contribution in [2.24, 2.45) is 5.92 Å². The van der Waals surface area contributed by atoms with Crippen molar-refractivity contribution < 1.29 is 0 Å². The summed E-state index contributed by atoms with van der Waals surface area (Å²) in [5, 5.41) is 3.32. The SMILES string of the molecule is CNC(C)c1cccnc1N1CCCC1C(C)C. The maximum atomic E-state index is 4.65. The highest BCUT2D eigenvalue weighted by atomic mass is 15.2.